The van der Waals surface area contributed by atoms with E-state index in [4.69, 9.17) is 4.74 Å². The lowest BCUT2D eigenvalue weighted by Gasteiger charge is -2.44. The van der Waals surface area contributed by atoms with E-state index in [-0.39, 0.29) is 69.1 Å². The second-order valence-corrected chi connectivity index (χ2v) is 18.3. The third kappa shape index (κ3) is 16.0. The predicted octanol–water partition coefficient (Wildman–Crippen LogP) is 1.02. The number of nitrogens with one attached hydrogen (secondary N) is 2. The molecule has 378 valence electrons. The number of likely N-dealkylation sites (tertiary alicyclic amines) is 2. The molecular formula is C46H64F2N10O11. The van der Waals surface area contributed by atoms with Crippen molar-refractivity contribution in [1.82, 2.24) is 45.0 Å². The van der Waals surface area contributed by atoms with Crippen LogP contribution >= 0.6 is 0 Å². The highest BCUT2D eigenvalue weighted by Crippen LogP contribution is 2.32. The molecule has 4 heterocycles. The Hall–Kier alpha value is -6.09. The molecule has 0 spiro atoms. The quantitative estimate of drug-likeness (QED) is 0.0920. The molecule has 3 aliphatic rings. The maximum Gasteiger partial charge on any atom is 0.317 e. The third-order valence-corrected chi connectivity index (χ3v) is 13.0. The Morgan fingerprint density at radius 2 is 1.54 bits per heavy atom. The minimum atomic E-state index is -3.17. The molecule has 1 aromatic heterocycles. The van der Waals surface area contributed by atoms with Crippen LogP contribution in [0, 0.1) is 11.3 Å². The number of alkyl halides is 2. The standard InChI is InChI=1S/C46H64F2N10O11/c1-53(32-11-16-57(17-12-32)39(60)7-3-4-13-45(54(2)26-41(62)63)29-55(27-42(64)65)18-19-56(30-45)28-43(66)67)25-38(59)51-14-5-6-20-69-34-8-9-37-36(21-34)35(10-15-50-37)44(68)52-24-40(61)58-31-46(47,48)22-33(58)23-49/h8-10,15,21,32-33H,3-7,11-14,16-20,22,24-31H2,1-2H3,(H,51,59)(H,52,68)(H,62,63)(H,64,65)(H,66,67). The molecule has 5 N–H and O–H groups in total. The van der Waals surface area contributed by atoms with Gasteiger partial charge in [-0.25, -0.2) is 8.78 Å². The average molecular weight is 971 g/mol. The molecule has 21 nitrogen and oxygen atoms in total. The number of rotatable bonds is 24. The molecule has 69 heavy (non-hydrogen) atoms. The van der Waals surface area contributed by atoms with Crippen LogP contribution in [0.1, 0.15) is 68.1 Å². The first kappa shape index (κ1) is 53.9. The number of hydrogen-bond donors (Lipinski definition) is 5. The summed E-state index contributed by atoms with van der Waals surface area (Å²) in [6.45, 7) is 0.813. The molecular weight excluding hydrogens is 907 g/mol. The van der Waals surface area contributed by atoms with Gasteiger partial charge in [-0.15, -0.1) is 0 Å². The SMILES string of the molecule is CN(CC(=O)NCCCCOc1ccc2nccc(C(=O)NCC(=O)N3CC(F)(F)CC3C#N)c2c1)C1CCN(C(=O)CCCCC2(N(C)CC(=O)O)CN(CC(=O)O)CCN(CC(=O)O)C2)CC1. The van der Waals surface area contributed by atoms with Crippen molar-refractivity contribution in [2.45, 2.75) is 81.3 Å². The number of aliphatic carboxylic acids is 3. The molecule has 1 unspecified atom stereocenters. The zero-order chi connectivity index (χ0) is 50.3. The number of nitrogens with zero attached hydrogens (tertiary/aromatic N) is 8. The molecule has 4 amide bonds. The van der Waals surface area contributed by atoms with Gasteiger partial charge in [0.15, 0.2) is 0 Å². The van der Waals surface area contributed by atoms with E-state index in [9.17, 15) is 62.9 Å². The first-order valence-corrected chi connectivity index (χ1v) is 23.2. The molecule has 3 aliphatic heterocycles. The van der Waals surface area contributed by atoms with Crippen molar-refractivity contribution in [2.75, 3.05) is 106 Å². The number of hydrogen-bond acceptors (Lipinski definition) is 14. The number of fused-ring (bicyclic) bond motifs is 1. The van der Waals surface area contributed by atoms with Crippen molar-refractivity contribution >= 4 is 52.4 Å². The molecule has 0 radical (unpaired) electrons. The summed E-state index contributed by atoms with van der Waals surface area (Å²) in [4.78, 5) is 101. The molecule has 2 aromatic rings. The normalized spacial score (nSPS) is 18.7. The molecule has 3 saturated heterocycles. The number of amides is 4. The van der Waals surface area contributed by atoms with E-state index in [2.05, 4.69) is 15.6 Å². The van der Waals surface area contributed by atoms with Crippen LogP contribution < -0.4 is 15.4 Å². The van der Waals surface area contributed by atoms with Crippen LogP contribution in [-0.2, 0) is 28.8 Å². The van der Waals surface area contributed by atoms with Crippen LogP contribution in [0.2, 0.25) is 0 Å². The lowest BCUT2D eigenvalue weighted by Crippen LogP contribution is -2.59. The van der Waals surface area contributed by atoms with Gasteiger partial charge in [0.25, 0.3) is 11.8 Å². The Morgan fingerprint density at radius 1 is 0.855 bits per heavy atom. The maximum absolute atomic E-state index is 13.8. The molecule has 5 rings (SSSR count). The van der Waals surface area contributed by atoms with Crippen molar-refractivity contribution < 1.29 is 62.4 Å². The number of carbonyl (C=O) groups excluding carboxylic acids is 4. The number of likely N-dealkylation sites (N-methyl/N-ethyl adjacent to an activating group) is 2. The zero-order valence-corrected chi connectivity index (χ0v) is 39.2. The fourth-order valence-corrected chi connectivity index (χ4v) is 9.40. The number of benzene rings is 1. The predicted molar refractivity (Wildman–Crippen MR) is 244 cm³/mol. The monoisotopic (exact) mass is 970 g/mol. The van der Waals surface area contributed by atoms with Crippen LogP contribution in [0.4, 0.5) is 8.78 Å². The minimum absolute atomic E-state index is 0.00379. The highest BCUT2D eigenvalue weighted by molar-refractivity contribution is 6.07. The molecule has 0 aliphatic carbocycles. The Morgan fingerprint density at radius 3 is 2.17 bits per heavy atom. The summed E-state index contributed by atoms with van der Waals surface area (Å²) in [5.41, 5.74) is -0.163. The number of ether oxygens (including phenoxy) is 1. The van der Waals surface area contributed by atoms with E-state index in [1.54, 1.807) is 46.0 Å². The molecule has 1 atom stereocenters. The Bertz CT molecular complexity index is 2180. The lowest BCUT2D eigenvalue weighted by atomic mass is 9.88. The second kappa shape index (κ2) is 25.0. The van der Waals surface area contributed by atoms with Crippen LogP contribution in [-0.4, -0.2) is 221 Å². The number of unbranched alkanes of at least 4 members (excludes halogenated alkanes) is 2. The topological polar surface area (TPSA) is 270 Å². The highest BCUT2D eigenvalue weighted by atomic mass is 19.3. The van der Waals surface area contributed by atoms with Crippen LogP contribution in [0.3, 0.4) is 0 Å². The van der Waals surface area contributed by atoms with E-state index in [0.29, 0.717) is 101 Å². The summed E-state index contributed by atoms with van der Waals surface area (Å²) in [6, 6.07) is 7.04. The summed E-state index contributed by atoms with van der Waals surface area (Å²) in [5.74, 6) is -7.38. The van der Waals surface area contributed by atoms with Gasteiger partial charge in [-0.3, -0.25) is 58.1 Å². The van der Waals surface area contributed by atoms with Gasteiger partial charge in [0, 0.05) is 81.8 Å². The van der Waals surface area contributed by atoms with Crippen LogP contribution in [0.5, 0.6) is 5.75 Å². The van der Waals surface area contributed by atoms with Gasteiger partial charge >= 0.3 is 17.9 Å². The Balaban J connectivity index is 0.989. The summed E-state index contributed by atoms with van der Waals surface area (Å²) in [7, 11) is 3.53. The average Bonchev–Trinajstić information content (AvgIpc) is 3.52. The molecule has 3 fully saturated rings. The van der Waals surface area contributed by atoms with Crippen LogP contribution in [0.15, 0.2) is 30.5 Å². The Labute approximate surface area is 399 Å². The second-order valence-electron chi connectivity index (χ2n) is 18.3. The van der Waals surface area contributed by atoms with Crippen molar-refractivity contribution in [3.63, 3.8) is 0 Å². The largest absolute Gasteiger partial charge is 0.494 e. The first-order valence-electron chi connectivity index (χ1n) is 23.2. The smallest absolute Gasteiger partial charge is 0.317 e. The van der Waals surface area contributed by atoms with E-state index < -0.39 is 66.7 Å². The fourth-order valence-electron chi connectivity index (χ4n) is 9.40. The lowest BCUT2D eigenvalue weighted by molar-refractivity contribution is -0.142. The van der Waals surface area contributed by atoms with E-state index in [1.807, 2.05) is 16.8 Å². The number of carboxylic acids is 3. The van der Waals surface area contributed by atoms with Crippen molar-refractivity contribution in [3.05, 3.63) is 36.0 Å². The minimum Gasteiger partial charge on any atom is -0.494 e. The molecule has 0 saturated carbocycles. The van der Waals surface area contributed by atoms with Gasteiger partial charge in [-0.2, -0.15) is 5.26 Å². The molecule has 23 heteroatoms. The van der Waals surface area contributed by atoms with Crippen molar-refractivity contribution in [3.8, 4) is 11.8 Å². The number of piperidine rings is 1. The number of halogens is 2. The van der Waals surface area contributed by atoms with Crippen LogP contribution in [0.25, 0.3) is 10.9 Å². The third-order valence-electron chi connectivity index (χ3n) is 13.0. The van der Waals surface area contributed by atoms with Crippen molar-refractivity contribution in [1.29, 1.82) is 5.26 Å². The number of pyridine rings is 1. The van der Waals surface area contributed by atoms with Gasteiger partial charge < -0.3 is 40.5 Å². The maximum atomic E-state index is 13.8. The summed E-state index contributed by atoms with van der Waals surface area (Å²) in [5, 5.41) is 43.7. The van der Waals surface area contributed by atoms with Gasteiger partial charge in [-0.05, 0) is 76.9 Å². The van der Waals surface area contributed by atoms with Gasteiger partial charge in [0.2, 0.25) is 17.7 Å². The fraction of sp³-hybridized carbons (Fsp3) is 0.630. The summed E-state index contributed by atoms with van der Waals surface area (Å²) >= 11 is 0. The molecule has 1 aromatic carbocycles. The zero-order valence-electron chi connectivity index (χ0n) is 39.2. The summed E-state index contributed by atoms with van der Waals surface area (Å²) in [6.07, 6.45) is 5.08. The number of carbonyl (C=O) groups is 7. The molecule has 0 bridgehead atoms. The van der Waals surface area contributed by atoms with Gasteiger partial charge in [0.05, 0.1) is 63.0 Å². The van der Waals surface area contributed by atoms with Gasteiger partial charge in [-0.1, -0.05) is 6.42 Å². The van der Waals surface area contributed by atoms with Crippen molar-refractivity contribution in [2.24, 2.45) is 0 Å². The first-order chi connectivity index (χ1) is 32.8. The highest BCUT2D eigenvalue weighted by Gasteiger charge is 2.47. The number of carboxylic acid groups (broad SMARTS) is 3. The van der Waals surface area contributed by atoms with E-state index >= 15 is 0 Å². The number of aromatic nitrogens is 1. The Kier molecular flexibility index (Phi) is 19.5. The summed E-state index contributed by atoms with van der Waals surface area (Å²) < 4.78 is 33.5. The van der Waals surface area contributed by atoms with E-state index in [1.165, 1.54) is 12.3 Å². The van der Waals surface area contributed by atoms with Gasteiger partial charge in [0.1, 0.15) is 11.8 Å². The van der Waals surface area contributed by atoms with E-state index in [0.717, 1.165) is 4.90 Å². The number of nitriles is 1.